The van der Waals surface area contributed by atoms with Gasteiger partial charge in [-0.3, -0.25) is 4.79 Å². The molecular weight excluding hydrogens is 293 g/mol. The minimum absolute atomic E-state index is 0.0187. The third-order valence-electron chi connectivity index (χ3n) is 2.60. The highest BCUT2D eigenvalue weighted by Gasteiger charge is 2.07. The van der Waals surface area contributed by atoms with E-state index in [0.29, 0.717) is 34.8 Å². The summed E-state index contributed by atoms with van der Waals surface area (Å²) >= 11 is 17.3. The third kappa shape index (κ3) is 5.47. The first-order chi connectivity index (χ1) is 8.52. The van der Waals surface area contributed by atoms with Crippen LogP contribution in [0.3, 0.4) is 0 Å². The van der Waals surface area contributed by atoms with Crippen LogP contribution >= 0.6 is 34.8 Å². The van der Waals surface area contributed by atoms with Crippen molar-refractivity contribution in [1.82, 2.24) is 5.32 Å². The van der Waals surface area contributed by atoms with Crippen molar-refractivity contribution in [2.45, 2.75) is 19.8 Å². The first-order valence-corrected chi connectivity index (χ1v) is 7.08. The first-order valence-electron chi connectivity index (χ1n) is 5.79. The first kappa shape index (κ1) is 15.6. The van der Waals surface area contributed by atoms with Gasteiger partial charge < -0.3 is 5.32 Å². The summed E-state index contributed by atoms with van der Waals surface area (Å²) in [7, 11) is 0. The highest BCUT2D eigenvalue weighted by atomic mass is 35.5. The van der Waals surface area contributed by atoms with E-state index in [-0.39, 0.29) is 5.91 Å². The van der Waals surface area contributed by atoms with Crippen LogP contribution in [0.25, 0.3) is 0 Å². The smallest absolute Gasteiger partial charge is 0.224 e. The Labute approximate surface area is 123 Å². The molecule has 0 fully saturated rings. The second-order valence-electron chi connectivity index (χ2n) is 4.31. The third-order valence-corrected chi connectivity index (χ3v) is 3.56. The fourth-order valence-electron chi connectivity index (χ4n) is 1.47. The summed E-state index contributed by atoms with van der Waals surface area (Å²) in [5, 5.41) is 3.84. The lowest BCUT2D eigenvalue weighted by Gasteiger charge is -2.11. The quantitative estimate of drug-likeness (QED) is 0.793. The highest BCUT2D eigenvalue weighted by Crippen LogP contribution is 2.22. The molecule has 0 heterocycles. The van der Waals surface area contributed by atoms with Crippen molar-refractivity contribution in [3.05, 3.63) is 33.8 Å². The lowest BCUT2D eigenvalue weighted by Crippen LogP contribution is -2.29. The molecule has 1 atom stereocenters. The molecule has 0 bridgehead atoms. The summed E-state index contributed by atoms with van der Waals surface area (Å²) < 4.78 is 0. The molecule has 1 amide bonds. The van der Waals surface area contributed by atoms with Gasteiger partial charge in [0, 0.05) is 12.4 Å². The molecule has 1 aromatic carbocycles. The molecule has 1 N–H and O–H groups in total. The average molecular weight is 309 g/mol. The van der Waals surface area contributed by atoms with Gasteiger partial charge in [-0.15, -0.1) is 11.6 Å². The molecule has 0 aliphatic rings. The highest BCUT2D eigenvalue weighted by molar-refractivity contribution is 6.42. The van der Waals surface area contributed by atoms with Gasteiger partial charge in [0.1, 0.15) is 0 Å². The molecule has 0 aromatic heterocycles. The number of amides is 1. The molecule has 100 valence electrons. The van der Waals surface area contributed by atoms with Crippen molar-refractivity contribution in [3.8, 4) is 0 Å². The van der Waals surface area contributed by atoms with E-state index in [1.165, 1.54) is 0 Å². The largest absolute Gasteiger partial charge is 0.356 e. The van der Waals surface area contributed by atoms with Crippen LogP contribution < -0.4 is 5.32 Å². The van der Waals surface area contributed by atoms with Gasteiger partial charge >= 0.3 is 0 Å². The summed E-state index contributed by atoms with van der Waals surface area (Å²) in [6.45, 7) is 2.70. The monoisotopic (exact) mass is 307 g/mol. The summed E-state index contributed by atoms with van der Waals surface area (Å²) in [6.07, 6.45) is 1.21. The molecule has 1 unspecified atom stereocenters. The predicted octanol–water partition coefficient (Wildman–Crippen LogP) is 3.92. The van der Waals surface area contributed by atoms with E-state index in [1.54, 1.807) is 18.2 Å². The zero-order chi connectivity index (χ0) is 13.5. The minimum Gasteiger partial charge on any atom is -0.356 e. The van der Waals surface area contributed by atoms with Gasteiger partial charge in [-0.25, -0.2) is 0 Å². The second kappa shape index (κ2) is 7.88. The summed E-state index contributed by atoms with van der Waals surface area (Å²) in [5.41, 5.74) is 0.854. The van der Waals surface area contributed by atoms with Crippen LogP contribution in [0.15, 0.2) is 18.2 Å². The van der Waals surface area contributed by atoms with E-state index in [0.717, 1.165) is 12.0 Å². The summed E-state index contributed by atoms with van der Waals surface area (Å²) in [6, 6.07) is 5.21. The van der Waals surface area contributed by atoms with Crippen LogP contribution in [0.2, 0.25) is 10.0 Å². The molecule has 2 nitrogen and oxygen atoms in total. The number of hydrogen-bond donors (Lipinski definition) is 1. The van der Waals surface area contributed by atoms with Gasteiger partial charge in [0.25, 0.3) is 0 Å². The Balaban J connectivity index is 2.42. The SMILES string of the molecule is CC(CCCl)CNC(=O)Cc1ccc(Cl)c(Cl)c1. The molecule has 0 aliphatic heterocycles. The fraction of sp³-hybridized carbons (Fsp3) is 0.462. The number of nitrogens with one attached hydrogen (secondary N) is 1. The molecule has 1 rings (SSSR count). The Hall–Kier alpha value is -0.440. The van der Waals surface area contributed by atoms with Crippen molar-refractivity contribution in [2.75, 3.05) is 12.4 Å². The molecular formula is C13H16Cl3NO. The van der Waals surface area contributed by atoms with Crippen LogP contribution in [0, 0.1) is 5.92 Å². The van der Waals surface area contributed by atoms with E-state index in [2.05, 4.69) is 12.2 Å². The Morgan fingerprint density at radius 3 is 2.67 bits per heavy atom. The molecule has 1 aromatic rings. The van der Waals surface area contributed by atoms with E-state index in [1.807, 2.05) is 0 Å². The van der Waals surface area contributed by atoms with Gasteiger partial charge in [0.2, 0.25) is 5.91 Å². The lowest BCUT2D eigenvalue weighted by molar-refractivity contribution is -0.120. The fourth-order valence-corrected chi connectivity index (χ4v) is 2.17. The number of carbonyl (C=O) groups excluding carboxylic acids is 1. The Morgan fingerprint density at radius 2 is 2.06 bits per heavy atom. The number of benzene rings is 1. The van der Waals surface area contributed by atoms with Gasteiger partial charge in [-0.2, -0.15) is 0 Å². The van der Waals surface area contributed by atoms with Gasteiger partial charge in [0.15, 0.2) is 0 Å². The van der Waals surface area contributed by atoms with Crippen molar-refractivity contribution >= 4 is 40.7 Å². The molecule has 0 saturated heterocycles. The number of hydrogen-bond acceptors (Lipinski definition) is 1. The molecule has 0 saturated carbocycles. The van der Waals surface area contributed by atoms with Gasteiger partial charge in [-0.05, 0) is 30.0 Å². The lowest BCUT2D eigenvalue weighted by atomic mass is 10.1. The average Bonchev–Trinajstić information content (AvgIpc) is 2.32. The van der Waals surface area contributed by atoms with Crippen LogP contribution in [0.1, 0.15) is 18.9 Å². The van der Waals surface area contributed by atoms with Crippen LogP contribution in [0.4, 0.5) is 0 Å². The molecule has 18 heavy (non-hydrogen) atoms. The topological polar surface area (TPSA) is 29.1 Å². The van der Waals surface area contributed by atoms with Crippen molar-refractivity contribution < 1.29 is 4.79 Å². The van der Waals surface area contributed by atoms with Crippen LogP contribution in [-0.2, 0) is 11.2 Å². The number of carbonyl (C=O) groups is 1. The van der Waals surface area contributed by atoms with E-state index in [4.69, 9.17) is 34.8 Å². The van der Waals surface area contributed by atoms with Crippen molar-refractivity contribution in [1.29, 1.82) is 0 Å². The van der Waals surface area contributed by atoms with E-state index in [9.17, 15) is 4.79 Å². The second-order valence-corrected chi connectivity index (χ2v) is 5.50. The Kier molecular flexibility index (Phi) is 6.83. The minimum atomic E-state index is -0.0187. The normalized spacial score (nSPS) is 12.2. The summed E-state index contributed by atoms with van der Waals surface area (Å²) in [4.78, 5) is 11.7. The maximum atomic E-state index is 11.7. The maximum Gasteiger partial charge on any atom is 0.224 e. The van der Waals surface area contributed by atoms with Gasteiger partial charge in [0.05, 0.1) is 16.5 Å². The zero-order valence-electron chi connectivity index (χ0n) is 10.2. The van der Waals surface area contributed by atoms with Crippen molar-refractivity contribution in [2.24, 2.45) is 5.92 Å². The Bertz CT molecular complexity index is 409. The number of alkyl halides is 1. The summed E-state index contributed by atoms with van der Waals surface area (Å²) in [5.74, 6) is 0.985. The van der Waals surface area contributed by atoms with E-state index >= 15 is 0 Å². The maximum absolute atomic E-state index is 11.7. The van der Waals surface area contributed by atoms with E-state index < -0.39 is 0 Å². The molecule has 5 heteroatoms. The van der Waals surface area contributed by atoms with Crippen LogP contribution in [0.5, 0.6) is 0 Å². The van der Waals surface area contributed by atoms with Crippen LogP contribution in [-0.4, -0.2) is 18.3 Å². The number of rotatable bonds is 6. The molecule has 0 spiro atoms. The number of halogens is 3. The Morgan fingerprint density at radius 1 is 1.33 bits per heavy atom. The predicted molar refractivity (Wildman–Crippen MR) is 77.7 cm³/mol. The zero-order valence-corrected chi connectivity index (χ0v) is 12.4. The van der Waals surface area contributed by atoms with Crippen molar-refractivity contribution in [3.63, 3.8) is 0 Å². The van der Waals surface area contributed by atoms with Gasteiger partial charge in [-0.1, -0.05) is 36.2 Å². The molecule has 0 aliphatic carbocycles. The molecule has 0 radical (unpaired) electrons. The standard InChI is InChI=1S/C13H16Cl3NO/c1-9(4-5-14)8-17-13(18)7-10-2-3-11(15)12(16)6-10/h2-3,6,9H,4-5,7-8H2,1H3,(H,17,18).